The van der Waals surface area contributed by atoms with Crippen LogP contribution in [-0.4, -0.2) is 45.9 Å². The van der Waals surface area contributed by atoms with E-state index in [1.165, 1.54) is 44.2 Å². The quantitative estimate of drug-likeness (QED) is 0.348. The molecule has 1 heterocycles. The molecular formula is C25H39NO5. The molecule has 0 amide bonds. The summed E-state index contributed by atoms with van der Waals surface area (Å²) in [6, 6.07) is 5.97. The van der Waals surface area contributed by atoms with Crippen molar-refractivity contribution in [3.05, 3.63) is 35.4 Å². The number of carboxylic acid groups (broad SMARTS) is 1. The third-order valence-corrected chi connectivity index (χ3v) is 5.89. The lowest BCUT2D eigenvalue weighted by molar-refractivity contribution is -0.292. The fraction of sp³-hybridized carbons (Fsp3) is 0.680. The number of hydrogen-bond acceptors (Lipinski definition) is 5. The predicted molar refractivity (Wildman–Crippen MR) is 121 cm³/mol. The highest BCUT2D eigenvalue weighted by molar-refractivity contribution is 5.94. The Balaban J connectivity index is 1.93. The van der Waals surface area contributed by atoms with Crippen molar-refractivity contribution in [3.8, 4) is 0 Å². The average molecular weight is 434 g/mol. The molecule has 0 unspecified atom stereocenters. The fourth-order valence-corrected chi connectivity index (χ4v) is 4.64. The zero-order chi connectivity index (χ0) is 23.1. The number of nitrogens with zero attached hydrogens (tertiary/aromatic N) is 1. The highest BCUT2D eigenvalue weighted by Crippen LogP contribution is 2.40. The Morgan fingerprint density at radius 3 is 2.19 bits per heavy atom. The van der Waals surface area contributed by atoms with Gasteiger partial charge in [-0.2, -0.15) is 5.06 Å². The first-order chi connectivity index (χ1) is 14.6. The molecule has 0 bridgehead atoms. The second-order valence-corrected chi connectivity index (χ2v) is 9.84. The highest BCUT2D eigenvalue weighted by Gasteiger charge is 2.47. The van der Waals surface area contributed by atoms with Gasteiger partial charge in [-0.3, -0.25) is 4.84 Å². The predicted octanol–water partition coefficient (Wildman–Crippen LogP) is 5.86. The summed E-state index contributed by atoms with van der Waals surface area (Å²) in [5, 5.41) is 11.2. The van der Waals surface area contributed by atoms with Gasteiger partial charge in [0.25, 0.3) is 0 Å². The normalized spacial score (nSPS) is 18.6. The molecule has 174 valence electrons. The zero-order valence-electron chi connectivity index (χ0n) is 19.8. The lowest BCUT2D eigenvalue weighted by Crippen LogP contribution is -2.62. The molecule has 1 aliphatic rings. The second-order valence-electron chi connectivity index (χ2n) is 9.84. The van der Waals surface area contributed by atoms with E-state index in [0.29, 0.717) is 19.4 Å². The number of rotatable bonds is 11. The Hall–Kier alpha value is -1.92. The molecule has 0 aliphatic carbocycles. The molecule has 6 nitrogen and oxygen atoms in total. The third kappa shape index (κ3) is 7.32. The molecule has 0 saturated carbocycles. The van der Waals surface area contributed by atoms with Gasteiger partial charge < -0.3 is 9.84 Å². The van der Waals surface area contributed by atoms with E-state index in [0.717, 1.165) is 6.42 Å². The SMILES string of the molecule is CCCCCCCCON1C(C)(C)CC(OC(=O)c2cccc(C(=O)O)c2)CC1(C)C. The van der Waals surface area contributed by atoms with Gasteiger partial charge in [-0.25, -0.2) is 9.59 Å². The van der Waals surface area contributed by atoms with Gasteiger partial charge in [0.15, 0.2) is 0 Å². The summed E-state index contributed by atoms with van der Waals surface area (Å²) in [6.45, 7) is 11.4. The van der Waals surface area contributed by atoms with E-state index < -0.39 is 11.9 Å². The Morgan fingerprint density at radius 2 is 1.58 bits per heavy atom. The van der Waals surface area contributed by atoms with Crippen molar-refractivity contribution in [2.75, 3.05) is 6.61 Å². The lowest BCUT2D eigenvalue weighted by atomic mass is 9.80. The summed E-state index contributed by atoms with van der Waals surface area (Å²) in [7, 11) is 0. The molecule has 1 aliphatic heterocycles. The first kappa shape index (κ1) is 25.3. The molecule has 1 saturated heterocycles. The van der Waals surface area contributed by atoms with Crippen LogP contribution in [0.3, 0.4) is 0 Å². The Bertz CT molecular complexity index is 725. The van der Waals surface area contributed by atoms with E-state index in [9.17, 15) is 9.59 Å². The van der Waals surface area contributed by atoms with Gasteiger partial charge in [0.2, 0.25) is 0 Å². The maximum Gasteiger partial charge on any atom is 0.338 e. The van der Waals surface area contributed by atoms with Gasteiger partial charge in [-0.15, -0.1) is 0 Å². The van der Waals surface area contributed by atoms with Crippen molar-refractivity contribution < 1.29 is 24.3 Å². The summed E-state index contributed by atoms with van der Waals surface area (Å²) in [5.74, 6) is -1.55. The number of carboxylic acids is 1. The molecule has 0 aromatic heterocycles. The van der Waals surface area contributed by atoms with Gasteiger partial charge in [-0.1, -0.05) is 45.1 Å². The minimum Gasteiger partial charge on any atom is -0.478 e. The van der Waals surface area contributed by atoms with Crippen molar-refractivity contribution in [3.63, 3.8) is 0 Å². The third-order valence-electron chi connectivity index (χ3n) is 5.89. The molecule has 1 fully saturated rings. The first-order valence-corrected chi connectivity index (χ1v) is 11.5. The van der Waals surface area contributed by atoms with Gasteiger partial charge in [0.05, 0.1) is 17.7 Å². The minimum atomic E-state index is -1.06. The summed E-state index contributed by atoms with van der Waals surface area (Å²) >= 11 is 0. The minimum absolute atomic E-state index is 0.0769. The zero-order valence-corrected chi connectivity index (χ0v) is 19.8. The first-order valence-electron chi connectivity index (χ1n) is 11.5. The van der Waals surface area contributed by atoms with Crippen LogP contribution in [0.1, 0.15) is 107 Å². The molecule has 0 radical (unpaired) electrons. The second kappa shape index (κ2) is 11.1. The molecular weight excluding hydrogens is 394 g/mol. The van der Waals surface area contributed by atoms with Crippen LogP contribution >= 0.6 is 0 Å². The number of esters is 1. The van der Waals surface area contributed by atoms with Crippen molar-refractivity contribution in [1.82, 2.24) is 5.06 Å². The van der Waals surface area contributed by atoms with Crippen molar-refractivity contribution in [2.45, 2.75) is 103 Å². The smallest absolute Gasteiger partial charge is 0.338 e. The van der Waals surface area contributed by atoms with Crippen LogP contribution in [-0.2, 0) is 9.57 Å². The summed E-state index contributed by atoms with van der Waals surface area (Å²) in [5.41, 5.74) is -0.249. The number of unbranched alkanes of at least 4 members (excludes halogenated alkanes) is 5. The molecule has 0 spiro atoms. The number of ether oxygens (including phenoxy) is 1. The van der Waals surface area contributed by atoms with E-state index in [2.05, 4.69) is 39.7 Å². The Morgan fingerprint density at radius 1 is 1.00 bits per heavy atom. The standard InChI is InChI=1S/C25H39NO5/c1-6-7-8-9-10-11-15-30-26-24(2,3)17-21(18-25(26,4)5)31-23(29)20-14-12-13-19(16-20)22(27)28/h12-14,16,21H,6-11,15,17-18H2,1-5H3,(H,27,28). The Labute approximate surface area is 186 Å². The molecule has 1 N–H and O–H groups in total. The highest BCUT2D eigenvalue weighted by atomic mass is 16.7. The maximum absolute atomic E-state index is 12.7. The maximum atomic E-state index is 12.7. The van der Waals surface area contributed by atoms with Gasteiger partial charge >= 0.3 is 11.9 Å². The number of carbonyl (C=O) groups is 2. The van der Waals surface area contributed by atoms with E-state index in [-0.39, 0.29) is 28.3 Å². The van der Waals surface area contributed by atoms with Crippen LogP contribution in [0.2, 0.25) is 0 Å². The van der Waals surface area contributed by atoms with Crippen molar-refractivity contribution in [1.29, 1.82) is 0 Å². The van der Waals surface area contributed by atoms with Gasteiger partial charge in [0.1, 0.15) is 6.10 Å². The van der Waals surface area contributed by atoms with E-state index in [4.69, 9.17) is 14.7 Å². The van der Waals surface area contributed by atoms with E-state index in [1.807, 2.05) is 0 Å². The lowest BCUT2D eigenvalue weighted by Gasteiger charge is -2.53. The average Bonchev–Trinajstić information content (AvgIpc) is 2.68. The molecule has 1 aromatic rings. The molecule has 31 heavy (non-hydrogen) atoms. The number of aromatic carboxylic acids is 1. The van der Waals surface area contributed by atoms with Crippen LogP contribution < -0.4 is 0 Å². The monoisotopic (exact) mass is 433 g/mol. The van der Waals surface area contributed by atoms with E-state index in [1.54, 1.807) is 12.1 Å². The van der Waals surface area contributed by atoms with Crippen LogP contribution in [0.5, 0.6) is 0 Å². The Kier molecular flexibility index (Phi) is 9.07. The summed E-state index contributed by atoms with van der Waals surface area (Å²) < 4.78 is 5.80. The number of hydroxylamine groups is 2. The van der Waals surface area contributed by atoms with Gasteiger partial charge in [-0.05, 0) is 52.3 Å². The number of piperidine rings is 1. The largest absolute Gasteiger partial charge is 0.478 e. The van der Waals surface area contributed by atoms with Crippen LogP contribution in [0.15, 0.2) is 24.3 Å². The van der Waals surface area contributed by atoms with Crippen LogP contribution in [0.25, 0.3) is 0 Å². The van der Waals surface area contributed by atoms with Crippen molar-refractivity contribution >= 4 is 11.9 Å². The van der Waals surface area contributed by atoms with Gasteiger partial charge in [0, 0.05) is 23.9 Å². The molecule has 2 rings (SSSR count). The van der Waals surface area contributed by atoms with E-state index >= 15 is 0 Å². The van der Waals surface area contributed by atoms with Crippen LogP contribution in [0, 0.1) is 0 Å². The topological polar surface area (TPSA) is 76.1 Å². The summed E-state index contributed by atoms with van der Waals surface area (Å²) in [4.78, 5) is 30.1. The van der Waals surface area contributed by atoms with Crippen LogP contribution in [0.4, 0.5) is 0 Å². The summed E-state index contributed by atoms with van der Waals surface area (Å²) in [6.07, 6.45) is 8.37. The van der Waals surface area contributed by atoms with Crippen molar-refractivity contribution in [2.24, 2.45) is 0 Å². The molecule has 6 heteroatoms. The molecule has 0 atom stereocenters. The number of hydrogen-bond donors (Lipinski definition) is 1. The molecule has 1 aromatic carbocycles. The number of benzene rings is 1. The number of carbonyl (C=O) groups excluding carboxylic acids is 1. The fourth-order valence-electron chi connectivity index (χ4n) is 4.64.